The molecule has 3 aromatic rings. The minimum absolute atomic E-state index is 0.0635. The third-order valence-electron chi connectivity index (χ3n) is 6.25. The van der Waals surface area contributed by atoms with Gasteiger partial charge < -0.3 is 9.47 Å². The molecule has 0 saturated carbocycles. The van der Waals surface area contributed by atoms with Crippen LogP contribution in [0, 0.1) is 0 Å². The summed E-state index contributed by atoms with van der Waals surface area (Å²) in [5.41, 5.74) is 3.41. The van der Waals surface area contributed by atoms with Crippen LogP contribution >= 0.6 is 24.0 Å². The van der Waals surface area contributed by atoms with Crippen LogP contribution in [0.3, 0.4) is 0 Å². The second-order valence-corrected chi connectivity index (χ2v) is 9.95. The Kier molecular flexibility index (Phi) is 6.08. The van der Waals surface area contributed by atoms with Gasteiger partial charge in [0.05, 0.1) is 28.2 Å². The molecule has 2 saturated heterocycles. The number of carbonyl (C=O) groups is 1. The smallest absolute Gasteiger partial charge is 0.266 e. The van der Waals surface area contributed by atoms with Crippen molar-refractivity contribution < 1.29 is 4.79 Å². The minimum Gasteiger partial charge on any atom is -0.370 e. The molecule has 0 aliphatic carbocycles. The van der Waals surface area contributed by atoms with Gasteiger partial charge in [-0.05, 0) is 37.5 Å². The van der Waals surface area contributed by atoms with Crippen LogP contribution in [0.2, 0.25) is 0 Å². The Morgan fingerprint density at radius 1 is 1.00 bits per heavy atom. The summed E-state index contributed by atoms with van der Waals surface area (Å²) in [6.45, 7) is 4.80. The van der Waals surface area contributed by atoms with E-state index < -0.39 is 0 Å². The summed E-state index contributed by atoms with van der Waals surface area (Å²) in [6.07, 6.45) is 3.98. The summed E-state index contributed by atoms with van der Waals surface area (Å²) in [6, 6.07) is 17.9. The number of aromatic nitrogens is 1. The van der Waals surface area contributed by atoms with Gasteiger partial charge in [-0.25, -0.2) is 0 Å². The molecule has 3 heterocycles. The topological polar surface area (TPSA) is 45.6 Å². The normalized spacial score (nSPS) is 17.7. The van der Waals surface area contributed by atoms with Crippen LogP contribution < -0.4 is 10.5 Å². The Morgan fingerprint density at radius 3 is 2.42 bits per heavy atom. The first-order chi connectivity index (χ1) is 16.1. The van der Waals surface area contributed by atoms with E-state index in [0.717, 1.165) is 48.1 Å². The third-order valence-corrected chi connectivity index (χ3v) is 7.63. The maximum Gasteiger partial charge on any atom is 0.266 e. The lowest BCUT2D eigenvalue weighted by atomic mass is 10.1. The number of thioether (sulfide) groups is 1. The second-order valence-electron chi connectivity index (χ2n) is 8.28. The van der Waals surface area contributed by atoms with E-state index in [1.165, 1.54) is 11.8 Å². The zero-order valence-electron chi connectivity index (χ0n) is 18.5. The van der Waals surface area contributed by atoms with Gasteiger partial charge in [-0.3, -0.25) is 14.5 Å². The van der Waals surface area contributed by atoms with Crippen LogP contribution in [-0.4, -0.2) is 32.8 Å². The minimum atomic E-state index is -0.142. The molecule has 0 N–H and O–H groups in total. The molecule has 168 valence electrons. The van der Waals surface area contributed by atoms with Crippen molar-refractivity contribution in [1.29, 1.82) is 0 Å². The highest BCUT2D eigenvalue weighted by Gasteiger charge is 2.33. The molecule has 2 fully saturated rings. The number of rotatable bonds is 5. The lowest BCUT2D eigenvalue weighted by Crippen LogP contribution is -2.29. The standard InChI is InChI=1S/C26H25N3O2S2/c1-2-28-21-13-7-6-12-19(21)23(27-14-8-9-15-27)20(24(28)30)16-22-25(31)29(26(32)33-22)17-18-10-4-3-5-11-18/h3-7,10-13,16H,2,8-9,14-15,17H2,1H3. The number of carbonyl (C=O) groups excluding carboxylic acids is 1. The van der Waals surface area contributed by atoms with Crippen LogP contribution in [0.1, 0.15) is 30.9 Å². The van der Waals surface area contributed by atoms with E-state index in [0.29, 0.717) is 27.9 Å². The van der Waals surface area contributed by atoms with E-state index in [9.17, 15) is 9.59 Å². The first kappa shape index (κ1) is 21.9. The Labute approximate surface area is 202 Å². The van der Waals surface area contributed by atoms with Crippen molar-refractivity contribution in [3.63, 3.8) is 0 Å². The largest absolute Gasteiger partial charge is 0.370 e. The summed E-state index contributed by atoms with van der Waals surface area (Å²) in [7, 11) is 0. The maximum atomic E-state index is 13.7. The molecule has 0 radical (unpaired) electrons. The molecule has 2 aromatic carbocycles. The summed E-state index contributed by atoms with van der Waals surface area (Å²) in [5, 5.41) is 1.05. The van der Waals surface area contributed by atoms with Crippen molar-refractivity contribution in [2.75, 3.05) is 18.0 Å². The Bertz CT molecular complexity index is 1320. The average molecular weight is 476 g/mol. The second kappa shape index (κ2) is 9.15. The van der Waals surface area contributed by atoms with Crippen molar-refractivity contribution in [3.8, 4) is 0 Å². The van der Waals surface area contributed by atoms with Crippen LogP contribution in [0.25, 0.3) is 17.0 Å². The van der Waals surface area contributed by atoms with Crippen LogP contribution in [0.5, 0.6) is 0 Å². The number of pyridine rings is 1. The number of benzene rings is 2. The van der Waals surface area contributed by atoms with Gasteiger partial charge in [-0.15, -0.1) is 0 Å². The van der Waals surface area contributed by atoms with Gasteiger partial charge >= 0.3 is 0 Å². The van der Waals surface area contributed by atoms with E-state index in [-0.39, 0.29) is 11.5 Å². The fourth-order valence-electron chi connectivity index (χ4n) is 4.67. The molecule has 5 nitrogen and oxygen atoms in total. The van der Waals surface area contributed by atoms with Gasteiger partial charge in [0.25, 0.3) is 11.5 Å². The van der Waals surface area contributed by atoms with Crippen molar-refractivity contribution in [1.82, 2.24) is 9.47 Å². The molecular formula is C26H25N3O2S2. The predicted molar refractivity (Wildman–Crippen MR) is 140 cm³/mol. The number of nitrogens with zero attached hydrogens (tertiary/aromatic N) is 3. The molecule has 0 atom stereocenters. The maximum absolute atomic E-state index is 13.7. The van der Waals surface area contributed by atoms with E-state index in [1.807, 2.05) is 55.5 Å². The van der Waals surface area contributed by atoms with Crippen molar-refractivity contribution in [3.05, 3.63) is 81.0 Å². The van der Waals surface area contributed by atoms with Gasteiger partial charge in [0.1, 0.15) is 4.32 Å². The number of amides is 1. The summed E-state index contributed by atoms with van der Waals surface area (Å²) < 4.78 is 2.32. The van der Waals surface area contributed by atoms with Gasteiger partial charge in [0.2, 0.25) is 0 Å². The molecule has 1 aromatic heterocycles. The van der Waals surface area contributed by atoms with E-state index in [4.69, 9.17) is 12.2 Å². The number of anilines is 1. The number of fused-ring (bicyclic) bond motifs is 1. The lowest BCUT2D eigenvalue weighted by molar-refractivity contribution is -0.122. The summed E-state index contributed by atoms with van der Waals surface area (Å²) >= 11 is 6.82. The van der Waals surface area contributed by atoms with Crippen LogP contribution in [0.4, 0.5) is 5.69 Å². The number of hydrogen-bond donors (Lipinski definition) is 0. The number of hydrogen-bond acceptors (Lipinski definition) is 5. The van der Waals surface area contributed by atoms with Gasteiger partial charge in [0, 0.05) is 25.0 Å². The average Bonchev–Trinajstić information content (AvgIpc) is 3.45. The molecule has 0 bridgehead atoms. The Balaban J connectivity index is 1.63. The number of aryl methyl sites for hydroxylation is 1. The quantitative estimate of drug-likeness (QED) is 0.383. The summed E-state index contributed by atoms with van der Waals surface area (Å²) in [5.74, 6) is -0.142. The Morgan fingerprint density at radius 2 is 1.70 bits per heavy atom. The predicted octanol–water partition coefficient (Wildman–Crippen LogP) is 5.02. The molecule has 0 unspecified atom stereocenters. The molecule has 2 aliphatic rings. The zero-order chi connectivity index (χ0) is 22.9. The fourth-order valence-corrected chi connectivity index (χ4v) is 5.91. The first-order valence-corrected chi connectivity index (χ1v) is 12.5. The highest BCUT2D eigenvalue weighted by Crippen LogP contribution is 2.37. The van der Waals surface area contributed by atoms with Crippen LogP contribution in [0.15, 0.2) is 64.3 Å². The van der Waals surface area contributed by atoms with Crippen molar-refractivity contribution >= 4 is 56.9 Å². The van der Waals surface area contributed by atoms with Gasteiger partial charge in [0.15, 0.2) is 0 Å². The molecule has 1 amide bonds. The van der Waals surface area contributed by atoms with E-state index >= 15 is 0 Å². The molecule has 0 spiro atoms. The number of para-hydroxylation sites is 1. The first-order valence-electron chi connectivity index (χ1n) is 11.3. The highest BCUT2D eigenvalue weighted by molar-refractivity contribution is 8.26. The molecule has 5 rings (SSSR count). The lowest BCUT2D eigenvalue weighted by Gasteiger charge is -2.24. The Hall–Kier alpha value is -2.90. The molecular weight excluding hydrogens is 450 g/mol. The van der Waals surface area contributed by atoms with Crippen molar-refractivity contribution in [2.24, 2.45) is 0 Å². The molecule has 33 heavy (non-hydrogen) atoms. The zero-order valence-corrected chi connectivity index (χ0v) is 20.1. The van der Waals surface area contributed by atoms with E-state index in [1.54, 1.807) is 15.5 Å². The molecule has 7 heteroatoms. The third kappa shape index (κ3) is 4.00. The molecule has 2 aliphatic heterocycles. The number of thiocarbonyl (C=S) groups is 1. The summed E-state index contributed by atoms with van der Waals surface area (Å²) in [4.78, 5) is 31.4. The highest BCUT2D eigenvalue weighted by atomic mass is 32.2. The SMILES string of the molecule is CCn1c(=O)c(C=C2SC(=S)N(Cc3ccccc3)C2=O)c(N2CCCC2)c2ccccc21. The van der Waals surface area contributed by atoms with Gasteiger partial charge in [-0.1, -0.05) is 72.5 Å². The monoisotopic (exact) mass is 475 g/mol. The van der Waals surface area contributed by atoms with Gasteiger partial charge in [-0.2, -0.15) is 0 Å². The van der Waals surface area contributed by atoms with Crippen molar-refractivity contribution in [2.45, 2.75) is 32.9 Å². The van der Waals surface area contributed by atoms with Crippen LogP contribution in [-0.2, 0) is 17.9 Å². The van der Waals surface area contributed by atoms with E-state index in [2.05, 4.69) is 11.0 Å². The fraction of sp³-hybridized carbons (Fsp3) is 0.269.